The molecule has 0 radical (unpaired) electrons. The van der Waals surface area contributed by atoms with E-state index in [1.165, 1.54) is 30.5 Å². The van der Waals surface area contributed by atoms with Crippen LogP contribution in [0.2, 0.25) is 0 Å². The number of halogens is 2. The molecule has 130 valence electrons. The number of benzene rings is 1. The Morgan fingerprint density at radius 2 is 2.12 bits per heavy atom. The summed E-state index contributed by atoms with van der Waals surface area (Å²) in [7, 11) is 0. The highest BCUT2D eigenvalue weighted by Crippen LogP contribution is 2.31. The van der Waals surface area contributed by atoms with E-state index in [4.69, 9.17) is 10.5 Å². The van der Waals surface area contributed by atoms with Crippen molar-refractivity contribution in [1.29, 1.82) is 0 Å². The topological polar surface area (TPSA) is 77.6 Å². The van der Waals surface area contributed by atoms with Gasteiger partial charge in [-0.3, -0.25) is 14.8 Å². The molecule has 5 nitrogen and oxygen atoms in total. The van der Waals surface area contributed by atoms with Crippen LogP contribution in [0.1, 0.15) is 28.5 Å². The van der Waals surface area contributed by atoms with Crippen LogP contribution in [-0.4, -0.2) is 29.8 Å². The van der Waals surface area contributed by atoms with Crippen LogP contribution >= 0.6 is 0 Å². The Hall–Kier alpha value is -2.67. The van der Waals surface area contributed by atoms with E-state index in [9.17, 15) is 13.6 Å². The van der Waals surface area contributed by atoms with Gasteiger partial charge in [-0.1, -0.05) is 6.07 Å². The first kappa shape index (κ1) is 17.2. The van der Waals surface area contributed by atoms with Crippen molar-refractivity contribution in [3.05, 3.63) is 65.0 Å². The molecule has 0 amide bonds. The number of carbonyl (C=O) groups is 1. The minimum atomic E-state index is -0.971. The zero-order chi connectivity index (χ0) is 18.0. The molecule has 3 rings (SSSR count). The fourth-order valence-corrected chi connectivity index (χ4v) is 2.83. The molecule has 0 aliphatic carbocycles. The average molecular weight is 345 g/mol. The summed E-state index contributed by atoms with van der Waals surface area (Å²) in [4.78, 5) is 20.4. The predicted molar refractivity (Wildman–Crippen MR) is 88.4 cm³/mol. The van der Waals surface area contributed by atoms with E-state index in [0.29, 0.717) is 5.56 Å². The van der Waals surface area contributed by atoms with E-state index >= 15 is 0 Å². The number of aliphatic imine (C=N–C) groups is 1. The Labute approximate surface area is 143 Å². The number of hydrogen-bond acceptors (Lipinski definition) is 5. The lowest BCUT2D eigenvalue weighted by Gasteiger charge is -2.30. The van der Waals surface area contributed by atoms with Crippen molar-refractivity contribution >= 4 is 11.6 Å². The van der Waals surface area contributed by atoms with E-state index < -0.39 is 23.0 Å². The molecule has 7 heteroatoms. The molecule has 25 heavy (non-hydrogen) atoms. The number of nitrogens with two attached hydrogens (primary N) is 1. The van der Waals surface area contributed by atoms with Crippen molar-refractivity contribution in [3.63, 3.8) is 0 Å². The van der Waals surface area contributed by atoms with Gasteiger partial charge in [0.15, 0.2) is 11.6 Å². The molecule has 2 heterocycles. The second kappa shape index (κ2) is 6.68. The van der Waals surface area contributed by atoms with Crippen LogP contribution < -0.4 is 5.73 Å². The Balaban J connectivity index is 1.91. The summed E-state index contributed by atoms with van der Waals surface area (Å²) >= 11 is 0. The van der Waals surface area contributed by atoms with Crippen LogP contribution in [0, 0.1) is 11.6 Å². The number of ketones is 1. The molecule has 0 spiro atoms. The van der Waals surface area contributed by atoms with E-state index in [2.05, 4.69) is 9.98 Å². The molecular weight excluding hydrogens is 328 g/mol. The molecule has 1 aliphatic rings. The number of nitrogens with zero attached hydrogens (tertiary/aromatic N) is 2. The number of hydrogen-bond donors (Lipinski definition) is 1. The Morgan fingerprint density at radius 3 is 2.84 bits per heavy atom. The van der Waals surface area contributed by atoms with Crippen molar-refractivity contribution in [2.45, 2.75) is 18.9 Å². The first-order valence-corrected chi connectivity index (χ1v) is 7.73. The van der Waals surface area contributed by atoms with Crippen molar-refractivity contribution in [2.75, 3.05) is 13.2 Å². The maximum absolute atomic E-state index is 14.3. The van der Waals surface area contributed by atoms with E-state index in [1.807, 2.05) is 0 Å². The molecule has 2 N–H and O–H groups in total. The minimum absolute atomic E-state index is 0.0999. The second-order valence-corrected chi connectivity index (χ2v) is 6.12. The zero-order valence-corrected chi connectivity index (χ0v) is 13.6. The normalized spacial score (nSPS) is 20.2. The van der Waals surface area contributed by atoms with Gasteiger partial charge in [-0.25, -0.2) is 8.78 Å². The standard InChI is InChI=1S/C18H17F2N3O2/c1-18(10-25-9-16(21)23-18)12-7-11(4-5-13(12)19)8-15(24)17-14(20)3-2-6-22-17/h2-7H,8-10H2,1H3,(H2,21,23)/t18-/m0/s1. The number of ether oxygens (including phenoxy) is 1. The lowest BCUT2D eigenvalue weighted by Crippen LogP contribution is -2.38. The summed E-state index contributed by atoms with van der Waals surface area (Å²) in [5.74, 6) is -1.35. The highest BCUT2D eigenvalue weighted by Gasteiger charge is 2.33. The van der Waals surface area contributed by atoms with Gasteiger partial charge in [0.25, 0.3) is 0 Å². The number of amidine groups is 1. The molecule has 1 atom stereocenters. The van der Waals surface area contributed by atoms with Gasteiger partial charge in [-0.2, -0.15) is 0 Å². The first-order valence-electron chi connectivity index (χ1n) is 7.73. The quantitative estimate of drug-likeness (QED) is 0.863. The molecule has 1 aromatic carbocycles. The van der Waals surface area contributed by atoms with E-state index in [0.717, 1.165) is 0 Å². The van der Waals surface area contributed by atoms with Gasteiger partial charge in [0.1, 0.15) is 29.5 Å². The zero-order valence-electron chi connectivity index (χ0n) is 13.6. The van der Waals surface area contributed by atoms with Gasteiger partial charge in [0.2, 0.25) is 0 Å². The lowest BCUT2D eigenvalue weighted by atomic mass is 9.90. The Bertz CT molecular complexity index is 854. The average Bonchev–Trinajstić information content (AvgIpc) is 2.56. The smallest absolute Gasteiger partial charge is 0.188 e. The van der Waals surface area contributed by atoms with Crippen molar-refractivity contribution < 1.29 is 18.3 Å². The van der Waals surface area contributed by atoms with Crippen molar-refractivity contribution in [3.8, 4) is 0 Å². The van der Waals surface area contributed by atoms with E-state index in [-0.39, 0.29) is 36.7 Å². The van der Waals surface area contributed by atoms with E-state index in [1.54, 1.807) is 13.0 Å². The molecule has 0 unspecified atom stereocenters. The highest BCUT2D eigenvalue weighted by atomic mass is 19.1. The van der Waals surface area contributed by atoms with Crippen LogP contribution in [-0.2, 0) is 16.7 Å². The predicted octanol–water partition coefficient (Wildman–Crippen LogP) is 2.39. The van der Waals surface area contributed by atoms with Gasteiger partial charge in [-0.15, -0.1) is 0 Å². The largest absolute Gasteiger partial charge is 0.386 e. The van der Waals surface area contributed by atoms with Crippen LogP contribution in [0.15, 0.2) is 41.5 Å². The maximum atomic E-state index is 14.3. The van der Waals surface area contributed by atoms with Crippen LogP contribution in [0.3, 0.4) is 0 Å². The molecular formula is C18H17F2N3O2. The van der Waals surface area contributed by atoms with Crippen molar-refractivity contribution in [1.82, 2.24) is 4.98 Å². The number of pyridine rings is 1. The lowest BCUT2D eigenvalue weighted by molar-refractivity contribution is 0.0983. The van der Waals surface area contributed by atoms with Crippen LogP contribution in [0.4, 0.5) is 8.78 Å². The number of carbonyl (C=O) groups excluding carboxylic acids is 1. The third-order valence-corrected chi connectivity index (χ3v) is 4.02. The molecule has 2 aromatic rings. The molecule has 0 saturated heterocycles. The first-order chi connectivity index (χ1) is 11.9. The third-order valence-electron chi connectivity index (χ3n) is 4.02. The van der Waals surface area contributed by atoms with Crippen LogP contribution in [0.25, 0.3) is 0 Å². The summed E-state index contributed by atoms with van der Waals surface area (Å²) in [5, 5.41) is 0. The van der Waals surface area contributed by atoms with Gasteiger partial charge in [-0.05, 0) is 36.8 Å². The molecule has 1 aromatic heterocycles. The summed E-state index contributed by atoms with van der Waals surface area (Å²) < 4.78 is 33.4. The molecule has 1 aliphatic heterocycles. The Morgan fingerprint density at radius 1 is 1.32 bits per heavy atom. The SMILES string of the molecule is C[C@@]1(c2cc(CC(=O)c3ncccc3F)ccc2F)COCC(N)=N1. The Kier molecular flexibility index (Phi) is 4.59. The third kappa shape index (κ3) is 3.56. The molecule has 0 bridgehead atoms. The highest BCUT2D eigenvalue weighted by molar-refractivity contribution is 5.96. The minimum Gasteiger partial charge on any atom is -0.386 e. The number of aromatic nitrogens is 1. The summed E-state index contributed by atoms with van der Waals surface area (Å²) in [5.41, 5.74) is 5.32. The van der Waals surface area contributed by atoms with Gasteiger partial charge < -0.3 is 10.5 Å². The second-order valence-electron chi connectivity index (χ2n) is 6.12. The number of rotatable bonds is 4. The number of Topliss-reactive ketones (excluding diaryl/α,β-unsaturated/α-hetero) is 1. The monoisotopic (exact) mass is 345 g/mol. The summed E-state index contributed by atoms with van der Waals surface area (Å²) in [6, 6.07) is 6.87. The van der Waals surface area contributed by atoms with Crippen LogP contribution in [0.5, 0.6) is 0 Å². The van der Waals surface area contributed by atoms with Gasteiger partial charge in [0.05, 0.1) is 6.61 Å². The van der Waals surface area contributed by atoms with Gasteiger partial charge >= 0.3 is 0 Å². The van der Waals surface area contributed by atoms with Gasteiger partial charge in [0, 0.05) is 18.2 Å². The summed E-state index contributed by atoms with van der Waals surface area (Å²) in [6.07, 6.45) is 1.25. The fourth-order valence-electron chi connectivity index (χ4n) is 2.83. The summed E-state index contributed by atoms with van der Waals surface area (Å²) in [6.45, 7) is 2.09. The fraction of sp³-hybridized carbons (Fsp3) is 0.278. The molecule has 0 saturated carbocycles. The molecule has 0 fully saturated rings. The van der Waals surface area contributed by atoms with Crippen molar-refractivity contribution in [2.24, 2.45) is 10.7 Å². The maximum Gasteiger partial charge on any atom is 0.188 e.